The third-order valence-electron chi connectivity index (χ3n) is 4.25. The summed E-state index contributed by atoms with van der Waals surface area (Å²) in [5.41, 5.74) is -0.0676. The predicted octanol–water partition coefficient (Wildman–Crippen LogP) is 2.57. The number of rotatable bonds is 5. The van der Waals surface area contributed by atoms with E-state index in [0.29, 0.717) is 24.8 Å². The first-order valence-corrected chi connectivity index (χ1v) is 7.48. The molecule has 1 aliphatic rings. The normalized spacial score (nSPS) is 21.5. The summed E-state index contributed by atoms with van der Waals surface area (Å²) in [6.07, 6.45) is 0. The molecule has 1 atom stereocenters. The summed E-state index contributed by atoms with van der Waals surface area (Å²) in [6, 6.07) is 5.60. The van der Waals surface area contributed by atoms with Gasteiger partial charge in [-0.3, -0.25) is 9.69 Å². The molecule has 0 saturated carbocycles. The molecule has 1 unspecified atom stereocenters. The molecule has 1 aromatic carbocycles. The average molecular weight is 304 g/mol. The topological polar surface area (TPSA) is 42.0 Å². The first-order chi connectivity index (χ1) is 10.4. The van der Waals surface area contributed by atoms with Crippen LogP contribution in [0.15, 0.2) is 30.6 Å². The highest BCUT2D eigenvalue weighted by Gasteiger charge is 2.50. The van der Waals surface area contributed by atoms with Crippen LogP contribution in [0.25, 0.3) is 0 Å². The Bertz CT molecular complexity index is 600. The fourth-order valence-corrected chi connectivity index (χ4v) is 2.79. The third kappa shape index (κ3) is 2.30. The van der Waals surface area contributed by atoms with Crippen LogP contribution in [-0.4, -0.2) is 43.0 Å². The van der Waals surface area contributed by atoms with E-state index in [1.165, 1.54) is 0 Å². The maximum Gasteiger partial charge on any atom is 0.258 e. The summed E-state index contributed by atoms with van der Waals surface area (Å²) in [5, 5.41) is 0. The van der Waals surface area contributed by atoms with Crippen molar-refractivity contribution in [2.24, 2.45) is 0 Å². The Kier molecular flexibility index (Phi) is 4.35. The first-order valence-electron chi connectivity index (χ1n) is 7.48. The van der Waals surface area contributed by atoms with Gasteiger partial charge in [0, 0.05) is 19.7 Å². The molecule has 5 nitrogen and oxygen atoms in total. The third-order valence-corrected chi connectivity index (χ3v) is 4.25. The molecule has 22 heavy (non-hydrogen) atoms. The second-order valence-electron chi connectivity index (χ2n) is 5.44. The zero-order valence-corrected chi connectivity index (χ0v) is 14.0. The Morgan fingerprint density at radius 3 is 2.32 bits per heavy atom. The van der Waals surface area contributed by atoms with Gasteiger partial charge in [0.05, 0.1) is 13.2 Å². The van der Waals surface area contributed by atoms with Crippen molar-refractivity contribution < 1.29 is 14.3 Å². The number of carbonyl (C=O) groups is 1. The van der Waals surface area contributed by atoms with E-state index in [0.717, 1.165) is 11.3 Å². The van der Waals surface area contributed by atoms with Crippen molar-refractivity contribution in [3.05, 3.63) is 36.2 Å². The smallest absolute Gasteiger partial charge is 0.258 e. The van der Waals surface area contributed by atoms with E-state index in [2.05, 4.69) is 6.58 Å². The van der Waals surface area contributed by atoms with Crippen LogP contribution >= 0.6 is 0 Å². The van der Waals surface area contributed by atoms with Crippen LogP contribution < -0.4 is 9.47 Å². The molecule has 0 spiro atoms. The zero-order valence-electron chi connectivity index (χ0n) is 14.0. The van der Waals surface area contributed by atoms with Gasteiger partial charge in [-0.1, -0.05) is 6.58 Å². The number of likely N-dealkylation sites (N-methyl/N-ethyl adjacent to an activating group) is 2. The van der Waals surface area contributed by atoms with Crippen molar-refractivity contribution in [2.75, 3.05) is 27.3 Å². The van der Waals surface area contributed by atoms with E-state index in [-0.39, 0.29) is 5.91 Å². The van der Waals surface area contributed by atoms with Gasteiger partial charge in [0.25, 0.3) is 5.91 Å². The van der Waals surface area contributed by atoms with Gasteiger partial charge in [0.2, 0.25) is 0 Å². The molecule has 0 N–H and O–H groups in total. The van der Waals surface area contributed by atoms with Crippen molar-refractivity contribution in [1.82, 2.24) is 9.80 Å². The minimum Gasteiger partial charge on any atom is -0.494 e. The van der Waals surface area contributed by atoms with Crippen LogP contribution in [0.3, 0.4) is 0 Å². The van der Waals surface area contributed by atoms with Crippen molar-refractivity contribution in [1.29, 1.82) is 0 Å². The average Bonchev–Trinajstić information content (AvgIpc) is 2.66. The van der Waals surface area contributed by atoms with Gasteiger partial charge < -0.3 is 14.4 Å². The summed E-state index contributed by atoms with van der Waals surface area (Å²) >= 11 is 0. The highest BCUT2D eigenvalue weighted by molar-refractivity contribution is 5.92. The number of hydrogen-bond donors (Lipinski definition) is 0. The summed E-state index contributed by atoms with van der Waals surface area (Å²) < 4.78 is 11.3. The molecule has 1 fully saturated rings. The van der Waals surface area contributed by atoms with Crippen LogP contribution in [0.1, 0.15) is 26.3 Å². The Morgan fingerprint density at radius 2 is 1.82 bits per heavy atom. The van der Waals surface area contributed by atoms with Crippen LogP contribution in [0.5, 0.6) is 11.5 Å². The molecule has 1 saturated heterocycles. The van der Waals surface area contributed by atoms with Crippen molar-refractivity contribution >= 4 is 5.91 Å². The fraction of sp³-hybridized carbons (Fsp3) is 0.471. The van der Waals surface area contributed by atoms with Crippen LogP contribution in [-0.2, 0) is 10.3 Å². The lowest BCUT2D eigenvalue weighted by Crippen LogP contribution is -2.41. The van der Waals surface area contributed by atoms with Crippen molar-refractivity contribution in [2.45, 2.75) is 26.3 Å². The molecular formula is C17H24N2O3. The van der Waals surface area contributed by atoms with Crippen molar-refractivity contribution in [3.8, 4) is 11.5 Å². The molecule has 120 valence electrons. The molecule has 1 aliphatic heterocycles. The molecule has 1 amide bonds. The van der Waals surface area contributed by atoms with Gasteiger partial charge in [-0.2, -0.15) is 0 Å². The number of amides is 1. The van der Waals surface area contributed by atoms with E-state index in [4.69, 9.17) is 9.47 Å². The van der Waals surface area contributed by atoms with Gasteiger partial charge in [-0.25, -0.2) is 0 Å². The molecular weight excluding hydrogens is 280 g/mol. The predicted molar refractivity (Wildman–Crippen MR) is 85.8 cm³/mol. The number of ether oxygens (including phenoxy) is 2. The summed E-state index contributed by atoms with van der Waals surface area (Å²) in [4.78, 5) is 16.3. The Balaban J connectivity index is 2.59. The van der Waals surface area contributed by atoms with Gasteiger partial charge in [0.15, 0.2) is 0 Å². The van der Waals surface area contributed by atoms with Gasteiger partial charge >= 0.3 is 0 Å². The number of hydrogen-bond acceptors (Lipinski definition) is 4. The SMILES string of the molecule is C=C1N(C)C(=O)C(C)(c2cc(OCC)ccc2OCC)N1C. The molecule has 0 aromatic heterocycles. The summed E-state index contributed by atoms with van der Waals surface area (Å²) in [7, 11) is 3.60. The van der Waals surface area contributed by atoms with Crippen LogP contribution in [0.2, 0.25) is 0 Å². The lowest BCUT2D eigenvalue weighted by molar-refractivity contribution is -0.132. The lowest BCUT2D eigenvalue weighted by Gasteiger charge is -2.32. The number of benzene rings is 1. The maximum atomic E-state index is 12.8. The number of carbonyl (C=O) groups excluding carboxylic acids is 1. The van der Waals surface area contributed by atoms with Gasteiger partial charge in [-0.05, 0) is 39.0 Å². The number of nitrogens with zero attached hydrogens (tertiary/aromatic N) is 2. The molecule has 1 aromatic rings. The monoisotopic (exact) mass is 304 g/mol. The summed E-state index contributed by atoms with van der Waals surface area (Å²) in [6.45, 7) is 10.8. The van der Waals surface area contributed by atoms with Gasteiger partial charge in [0.1, 0.15) is 22.9 Å². The van der Waals surface area contributed by atoms with Gasteiger partial charge in [-0.15, -0.1) is 0 Å². The Hall–Kier alpha value is -2.17. The minimum absolute atomic E-state index is 0.0328. The van der Waals surface area contributed by atoms with E-state index >= 15 is 0 Å². The van der Waals surface area contributed by atoms with Crippen LogP contribution in [0, 0.1) is 0 Å². The largest absolute Gasteiger partial charge is 0.494 e. The van der Waals surface area contributed by atoms with E-state index in [9.17, 15) is 4.79 Å². The highest BCUT2D eigenvalue weighted by Crippen LogP contribution is 2.43. The standard InChI is InChI=1S/C17H24N2O3/c1-7-21-13-9-10-15(22-8-2)14(11-13)17(4)16(20)18(5)12(3)19(17)6/h9-11H,3,7-8H2,1-2,4-6H3. The molecule has 0 aliphatic carbocycles. The molecule has 5 heteroatoms. The van der Waals surface area contributed by atoms with E-state index in [1.807, 2.05) is 50.9 Å². The fourth-order valence-electron chi connectivity index (χ4n) is 2.79. The highest BCUT2D eigenvalue weighted by atomic mass is 16.5. The second-order valence-corrected chi connectivity index (χ2v) is 5.44. The zero-order chi connectivity index (χ0) is 16.5. The first kappa shape index (κ1) is 16.2. The lowest BCUT2D eigenvalue weighted by atomic mass is 9.89. The Labute approximate surface area is 132 Å². The molecule has 0 bridgehead atoms. The molecule has 1 heterocycles. The second kappa shape index (κ2) is 5.91. The quantitative estimate of drug-likeness (QED) is 0.838. The summed E-state index contributed by atoms with van der Waals surface area (Å²) in [5.74, 6) is 2.05. The molecule has 0 radical (unpaired) electrons. The minimum atomic E-state index is -0.858. The van der Waals surface area contributed by atoms with Crippen LogP contribution in [0.4, 0.5) is 0 Å². The Morgan fingerprint density at radius 1 is 1.18 bits per heavy atom. The van der Waals surface area contributed by atoms with Crippen molar-refractivity contribution in [3.63, 3.8) is 0 Å². The van der Waals surface area contributed by atoms with E-state index < -0.39 is 5.54 Å². The molecule has 2 rings (SSSR count). The van der Waals surface area contributed by atoms with E-state index in [1.54, 1.807) is 11.9 Å². The maximum absolute atomic E-state index is 12.8.